The predicted molar refractivity (Wildman–Crippen MR) is 117 cm³/mol. The molecule has 3 heterocycles. The van der Waals surface area contributed by atoms with Crippen LogP contribution in [0, 0.1) is 0 Å². The number of benzene rings is 2. The monoisotopic (exact) mass is 470 g/mol. The summed E-state index contributed by atoms with van der Waals surface area (Å²) in [5.41, 5.74) is 3.08. The zero-order chi connectivity index (χ0) is 20.0. The van der Waals surface area contributed by atoms with Gasteiger partial charge in [0.1, 0.15) is 5.75 Å². The van der Waals surface area contributed by atoms with Crippen molar-refractivity contribution in [1.29, 1.82) is 0 Å². The van der Waals surface area contributed by atoms with Crippen LogP contribution in [0.3, 0.4) is 0 Å². The maximum Gasteiger partial charge on any atom is 0.214 e. The number of aromatic hydroxyl groups is 1. The zero-order valence-electron chi connectivity index (χ0n) is 15.7. The lowest BCUT2D eigenvalue weighted by atomic mass is 9.97. The molecule has 0 unspecified atom stereocenters. The highest BCUT2D eigenvalue weighted by molar-refractivity contribution is 9.10. The molecule has 7 heteroatoms. The van der Waals surface area contributed by atoms with E-state index < -0.39 is 6.23 Å². The average molecular weight is 471 g/mol. The van der Waals surface area contributed by atoms with Gasteiger partial charge in [-0.25, -0.2) is 5.01 Å². The minimum atomic E-state index is -0.413. The number of phenolic OH excluding ortho intramolecular Hbond substituents is 1. The summed E-state index contributed by atoms with van der Waals surface area (Å²) < 4.78 is 12.6. The summed E-state index contributed by atoms with van der Waals surface area (Å²) in [6.45, 7) is 2.35. The first-order valence-electron chi connectivity index (χ1n) is 9.46. The number of hydrazone groups is 1. The van der Waals surface area contributed by atoms with E-state index in [2.05, 4.69) is 33.4 Å². The van der Waals surface area contributed by atoms with E-state index in [-0.39, 0.29) is 11.8 Å². The maximum absolute atomic E-state index is 10.3. The molecule has 29 heavy (non-hydrogen) atoms. The van der Waals surface area contributed by atoms with E-state index in [4.69, 9.17) is 14.6 Å². The SMILES string of the molecule is CCOc1cc([C@@H]2Oc3ccccc3[C@@H]3CC(c4cccs4)=NN32)cc(Br)c1O. The molecule has 0 aliphatic carbocycles. The van der Waals surface area contributed by atoms with Gasteiger partial charge in [-0.3, -0.25) is 0 Å². The number of rotatable bonds is 4. The van der Waals surface area contributed by atoms with Crippen LogP contribution < -0.4 is 9.47 Å². The summed E-state index contributed by atoms with van der Waals surface area (Å²) in [4.78, 5) is 1.18. The Morgan fingerprint density at radius 2 is 2.14 bits per heavy atom. The molecule has 0 saturated carbocycles. The Balaban J connectivity index is 1.61. The van der Waals surface area contributed by atoms with Crippen molar-refractivity contribution < 1.29 is 14.6 Å². The normalized spacial score (nSPS) is 19.9. The molecule has 2 aliphatic rings. The number of fused-ring (bicyclic) bond motifs is 3. The quantitative estimate of drug-likeness (QED) is 0.518. The van der Waals surface area contributed by atoms with E-state index >= 15 is 0 Å². The second-order valence-electron chi connectivity index (χ2n) is 6.91. The van der Waals surface area contributed by atoms with Crippen LogP contribution in [0.2, 0.25) is 0 Å². The third-order valence-electron chi connectivity index (χ3n) is 5.14. The number of halogens is 1. The van der Waals surface area contributed by atoms with Crippen LogP contribution in [-0.2, 0) is 0 Å². The maximum atomic E-state index is 10.3. The third kappa shape index (κ3) is 3.18. The van der Waals surface area contributed by atoms with Gasteiger partial charge in [0.05, 0.1) is 27.7 Å². The summed E-state index contributed by atoms with van der Waals surface area (Å²) in [7, 11) is 0. The highest BCUT2D eigenvalue weighted by Crippen LogP contribution is 2.49. The van der Waals surface area contributed by atoms with E-state index in [0.717, 1.165) is 29.0 Å². The van der Waals surface area contributed by atoms with Gasteiger partial charge in [0, 0.05) is 17.5 Å². The molecule has 0 fully saturated rings. The van der Waals surface area contributed by atoms with Crippen LogP contribution in [0.1, 0.15) is 41.6 Å². The van der Waals surface area contributed by atoms with Gasteiger partial charge in [0.15, 0.2) is 11.5 Å². The Morgan fingerprint density at radius 1 is 1.28 bits per heavy atom. The van der Waals surface area contributed by atoms with E-state index in [0.29, 0.717) is 16.8 Å². The van der Waals surface area contributed by atoms with E-state index in [1.807, 2.05) is 48.3 Å². The van der Waals surface area contributed by atoms with E-state index in [1.165, 1.54) is 4.88 Å². The lowest BCUT2D eigenvalue weighted by molar-refractivity contribution is -0.0192. The summed E-state index contributed by atoms with van der Waals surface area (Å²) in [5.74, 6) is 1.38. The number of hydrogen-bond acceptors (Lipinski definition) is 6. The van der Waals surface area contributed by atoms with Crippen LogP contribution in [0.15, 0.2) is 63.5 Å². The second kappa shape index (κ2) is 7.39. The van der Waals surface area contributed by atoms with Crippen LogP contribution in [0.4, 0.5) is 0 Å². The number of nitrogens with zero attached hydrogens (tertiary/aromatic N) is 2. The fourth-order valence-corrected chi connectivity index (χ4v) is 5.03. The molecule has 2 aliphatic heterocycles. The molecular weight excluding hydrogens is 452 g/mol. The van der Waals surface area contributed by atoms with Crippen molar-refractivity contribution in [3.05, 3.63) is 74.4 Å². The van der Waals surface area contributed by atoms with Crippen molar-refractivity contribution >= 4 is 33.0 Å². The summed E-state index contributed by atoms with van der Waals surface area (Å²) in [5, 5.41) is 19.4. The van der Waals surface area contributed by atoms with Crippen LogP contribution in [0.25, 0.3) is 0 Å². The Labute approximate surface area is 181 Å². The Bertz CT molecular complexity index is 1080. The predicted octanol–water partition coefficient (Wildman–Crippen LogP) is 5.86. The number of phenols is 1. The van der Waals surface area contributed by atoms with Gasteiger partial charge < -0.3 is 14.6 Å². The molecule has 0 radical (unpaired) electrons. The molecular formula is C22H19BrN2O3S. The Morgan fingerprint density at radius 3 is 2.93 bits per heavy atom. The molecule has 0 bridgehead atoms. The van der Waals surface area contributed by atoms with Crippen LogP contribution in [-0.4, -0.2) is 22.4 Å². The number of ether oxygens (including phenoxy) is 2. The first-order valence-corrected chi connectivity index (χ1v) is 11.1. The lowest BCUT2D eigenvalue weighted by Gasteiger charge is -2.38. The smallest absolute Gasteiger partial charge is 0.214 e. The molecule has 5 nitrogen and oxygen atoms in total. The van der Waals surface area contributed by atoms with E-state index in [1.54, 1.807) is 11.3 Å². The molecule has 0 spiro atoms. The van der Waals surface area contributed by atoms with Crippen LogP contribution >= 0.6 is 27.3 Å². The first kappa shape index (κ1) is 18.5. The molecule has 2 atom stereocenters. The van der Waals surface area contributed by atoms with Gasteiger partial charge in [-0.05, 0) is 52.5 Å². The molecule has 0 saturated heterocycles. The van der Waals surface area contributed by atoms with Crippen LogP contribution in [0.5, 0.6) is 17.2 Å². The average Bonchev–Trinajstić information content (AvgIpc) is 3.40. The van der Waals surface area contributed by atoms with Crippen molar-refractivity contribution in [1.82, 2.24) is 5.01 Å². The van der Waals surface area contributed by atoms with Gasteiger partial charge in [-0.15, -0.1) is 11.3 Å². The minimum absolute atomic E-state index is 0.0903. The molecule has 5 rings (SSSR count). The lowest BCUT2D eigenvalue weighted by Crippen LogP contribution is -2.33. The van der Waals surface area contributed by atoms with Gasteiger partial charge in [-0.1, -0.05) is 24.3 Å². The second-order valence-corrected chi connectivity index (χ2v) is 8.72. The van der Waals surface area contributed by atoms with Crippen molar-refractivity contribution in [2.24, 2.45) is 5.10 Å². The first-order chi connectivity index (χ1) is 14.2. The fraction of sp³-hybridized carbons (Fsp3) is 0.227. The summed E-state index contributed by atoms with van der Waals surface area (Å²) >= 11 is 5.14. The van der Waals surface area contributed by atoms with Crippen molar-refractivity contribution in [2.45, 2.75) is 25.6 Å². The Hall–Kier alpha value is -2.51. The molecule has 1 aromatic heterocycles. The van der Waals surface area contributed by atoms with Crippen molar-refractivity contribution in [3.63, 3.8) is 0 Å². The van der Waals surface area contributed by atoms with Gasteiger partial charge in [-0.2, -0.15) is 5.10 Å². The highest BCUT2D eigenvalue weighted by atomic mass is 79.9. The number of para-hydroxylation sites is 1. The summed E-state index contributed by atoms with van der Waals surface area (Å²) in [6.07, 6.45) is 0.415. The zero-order valence-corrected chi connectivity index (χ0v) is 18.1. The largest absolute Gasteiger partial charge is 0.503 e. The fourth-order valence-electron chi connectivity index (χ4n) is 3.85. The minimum Gasteiger partial charge on any atom is -0.503 e. The summed E-state index contributed by atoms with van der Waals surface area (Å²) in [6, 6.07) is 16.1. The van der Waals surface area contributed by atoms with Crippen molar-refractivity contribution in [3.8, 4) is 17.2 Å². The number of thiophene rings is 1. The standard InChI is InChI=1S/C22H19BrN2O3S/c1-2-27-19-11-13(10-15(23)21(19)26)22-25-17(14-6-3-4-7-18(14)28-22)12-16(24-25)20-8-5-9-29-20/h3-11,17,22,26H,2,12H2,1H3/t17-,22-/m0/s1. The number of hydrogen-bond donors (Lipinski definition) is 1. The van der Waals surface area contributed by atoms with Gasteiger partial charge in [0.25, 0.3) is 0 Å². The molecule has 0 amide bonds. The third-order valence-corrected chi connectivity index (χ3v) is 6.66. The van der Waals surface area contributed by atoms with Crippen molar-refractivity contribution in [2.75, 3.05) is 6.61 Å². The van der Waals surface area contributed by atoms with Gasteiger partial charge >= 0.3 is 0 Å². The van der Waals surface area contributed by atoms with E-state index in [9.17, 15) is 5.11 Å². The molecule has 3 aromatic rings. The molecule has 148 valence electrons. The molecule has 2 aromatic carbocycles. The molecule has 1 N–H and O–H groups in total. The Kier molecular flexibility index (Phi) is 4.72. The van der Waals surface area contributed by atoms with Gasteiger partial charge in [0.2, 0.25) is 6.23 Å². The topological polar surface area (TPSA) is 54.3 Å². The highest BCUT2D eigenvalue weighted by Gasteiger charge is 2.41.